The van der Waals surface area contributed by atoms with Crippen LogP contribution >= 0.6 is 0 Å². The molecule has 1 aliphatic rings. The maximum Gasteiger partial charge on any atom is 0.137 e. The van der Waals surface area contributed by atoms with E-state index in [9.17, 15) is 4.79 Å². The van der Waals surface area contributed by atoms with Crippen LogP contribution in [-0.2, 0) is 4.79 Å². The van der Waals surface area contributed by atoms with Gasteiger partial charge in [0.1, 0.15) is 5.78 Å². The summed E-state index contributed by atoms with van der Waals surface area (Å²) in [7, 11) is 0. The Hall–Kier alpha value is -0.370. The number of nitrogens with zero attached hydrogens (tertiary/aromatic N) is 1. The van der Waals surface area contributed by atoms with Crippen molar-refractivity contribution >= 4 is 5.78 Å². The smallest absolute Gasteiger partial charge is 0.137 e. The van der Waals surface area contributed by atoms with Crippen LogP contribution in [0.3, 0.4) is 0 Å². The van der Waals surface area contributed by atoms with Crippen LogP contribution in [0.15, 0.2) is 0 Å². The Morgan fingerprint density at radius 2 is 2.13 bits per heavy atom. The second-order valence-electron chi connectivity index (χ2n) is 4.66. The Bertz CT molecular complexity index is 191. The highest BCUT2D eigenvalue weighted by molar-refractivity contribution is 5.81. The summed E-state index contributed by atoms with van der Waals surface area (Å²) < 4.78 is 0. The van der Waals surface area contributed by atoms with Crippen LogP contribution in [0.1, 0.15) is 52.4 Å². The number of rotatable bonds is 6. The van der Waals surface area contributed by atoms with Crippen molar-refractivity contribution in [3.8, 4) is 0 Å². The number of unbranched alkanes of at least 4 members (excludes halogenated alkanes) is 1. The number of ketones is 1. The lowest BCUT2D eigenvalue weighted by Crippen LogP contribution is -2.35. The largest absolute Gasteiger partial charge is 0.303 e. The molecule has 1 saturated carbocycles. The third kappa shape index (κ3) is 4.33. The molecule has 0 aliphatic heterocycles. The minimum atomic E-state index is 0.343. The van der Waals surface area contributed by atoms with E-state index in [4.69, 9.17) is 0 Å². The molecule has 0 aromatic heterocycles. The molecule has 0 aromatic rings. The average Bonchev–Trinajstić information content (AvgIpc) is 2.26. The zero-order valence-electron chi connectivity index (χ0n) is 10.3. The highest BCUT2D eigenvalue weighted by Gasteiger charge is 2.23. The Balaban J connectivity index is 2.32. The standard InChI is InChI=1S/C13H25NO/c1-3-5-10-14(4-2)11-12-8-6-7-9-13(12)15/h12H,3-11H2,1-2H3. The average molecular weight is 211 g/mol. The Kier molecular flexibility index (Phi) is 5.92. The van der Waals surface area contributed by atoms with E-state index < -0.39 is 0 Å². The van der Waals surface area contributed by atoms with E-state index in [1.54, 1.807) is 0 Å². The number of hydrogen-bond acceptors (Lipinski definition) is 2. The second kappa shape index (κ2) is 7.00. The molecule has 1 fully saturated rings. The van der Waals surface area contributed by atoms with Crippen molar-refractivity contribution in [1.29, 1.82) is 0 Å². The van der Waals surface area contributed by atoms with Crippen LogP contribution in [0.2, 0.25) is 0 Å². The van der Waals surface area contributed by atoms with Gasteiger partial charge in [0.2, 0.25) is 0 Å². The Morgan fingerprint density at radius 1 is 1.33 bits per heavy atom. The summed E-state index contributed by atoms with van der Waals surface area (Å²) in [4.78, 5) is 14.1. The van der Waals surface area contributed by atoms with Gasteiger partial charge in [-0.2, -0.15) is 0 Å². The van der Waals surface area contributed by atoms with Crippen molar-refractivity contribution < 1.29 is 4.79 Å². The van der Waals surface area contributed by atoms with E-state index in [1.807, 2.05) is 0 Å². The summed E-state index contributed by atoms with van der Waals surface area (Å²) >= 11 is 0. The molecule has 0 heterocycles. The summed E-state index contributed by atoms with van der Waals surface area (Å²) in [6.07, 6.45) is 6.83. The fourth-order valence-electron chi connectivity index (χ4n) is 2.32. The molecule has 2 heteroatoms. The van der Waals surface area contributed by atoms with Gasteiger partial charge >= 0.3 is 0 Å². The van der Waals surface area contributed by atoms with Gasteiger partial charge in [-0.1, -0.05) is 26.7 Å². The fraction of sp³-hybridized carbons (Fsp3) is 0.923. The molecule has 1 aliphatic carbocycles. The SMILES string of the molecule is CCCCN(CC)CC1CCCCC1=O. The van der Waals surface area contributed by atoms with Crippen molar-refractivity contribution in [2.75, 3.05) is 19.6 Å². The monoisotopic (exact) mass is 211 g/mol. The van der Waals surface area contributed by atoms with Crippen molar-refractivity contribution in [3.05, 3.63) is 0 Å². The van der Waals surface area contributed by atoms with Crippen LogP contribution < -0.4 is 0 Å². The highest BCUT2D eigenvalue weighted by atomic mass is 16.1. The molecule has 0 spiro atoms. The van der Waals surface area contributed by atoms with Crippen LogP contribution in [0.4, 0.5) is 0 Å². The van der Waals surface area contributed by atoms with Crippen molar-refractivity contribution in [2.24, 2.45) is 5.92 Å². The van der Waals surface area contributed by atoms with Crippen LogP contribution in [0.5, 0.6) is 0 Å². The van der Waals surface area contributed by atoms with Gasteiger partial charge in [-0.25, -0.2) is 0 Å². The van der Waals surface area contributed by atoms with Gasteiger partial charge in [-0.05, 0) is 32.4 Å². The van der Waals surface area contributed by atoms with Gasteiger partial charge in [-0.15, -0.1) is 0 Å². The minimum Gasteiger partial charge on any atom is -0.303 e. The summed E-state index contributed by atoms with van der Waals surface area (Å²) in [6.45, 7) is 7.68. The van der Waals surface area contributed by atoms with Crippen molar-refractivity contribution in [3.63, 3.8) is 0 Å². The lowest BCUT2D eigenvalue weighted by atomic mass is 9.87. The zero-order chi connectivity index (χ0) is 11.1. The molecular weight excluding hydrogens is 186 g/mol. The topological polar surface area (TPSA) is 20.3 Å². The van der Waals surface area contributed by atoms with Gasteiger partial charge < -0.3 is 4.90 Å². The number of carbonyl (C=O) groups is 1. The van der Waals surface area contributed by atoms with Gasteiger partial charge in [0.15, 0.2) is 0 Å². The zero-order valence-corrected chi connectivity index (χ0v) is 10.3. The molecule has 1 atom stereocenters. The van der Waals surface area contributed by atoms with Gasteiger partial charge in [0.05, 0.1) is 0 Å². The maximum absolute atomic E-state index is 11.7. The van der Waals surface area contributed by atoms with E-state index in [1.165, 1.54) is 19.3 Å². The number of Topliss-reactive ketones (excluding diaryl/α,β-unsaturated/α-hetero) is 1. The summed E-state index contributed by atoms with van der Waals surface area (Å²) in [5.74, 6) is 0.853. The fourth-order valence-corrected chi connectivity index (χ4v) is 2.32. The summed E-state index contributed by atoms with van der Waals surface area (Å²) in [5, 5.41) is 0. The predicted octanol–water partition coefficient (Wildman–Crippen LogP) is 2.87. The molecule has 0 saturated heterocycles. The first-order chi connectivity index (χ1) is 7.27. The number of hydrogen-bond donors (Lipinski definition) is 0. The normalized spacial score (nSPS) is 22.3. The molecule has 0 amide bonds. The molecule has 15 heavy (non-hydrogen) atoms. The first-order valence-corrected chi connectivity index (χ1v) is 6.53. The third-order valence-corrected chi connectivity index (χ3v) is 3.43. The Morgan fingerprint density at radius 3 is 2.73 bits per heavy atom. The summed E-state index contributed by atoms with van der Waals surface area (Å²) in [5.41, 5.74) is 0. The molecule has 2 nitrogen and oxygen atoms in total. The predicted molar refractivity (Wildman–Crippen MR) is 64.0 cm³/mol. The van der Waals surface area contributed by atoms with E-state index in [0.717, 1.165) is 38.9 Å². The third-order valence-electron chi connectivity index (χ3n) is 3.43. The number of carbonyl (C=O) groups excluding carboxylic acids is 1. The van der Waals surface area contributed by atoms with Crippen molar-refractivity contribution in [2.45, 2.75) is 52.4 Å². The van der Waals surface area contributed by atoms with E-state index >= 15 is 0 Å². The lowest BCUT2D eigenvalue weighted by Gasteiger charge is -2.27. The van der Waals surface area contributed by atoms with E-state index in [-0.39, 0.29) is 0 Å². The van der Waals surface area contributed by atoms with E-state index in [0.29, 0.717) is 11.7 Å². The molecular formula is C13H25NO. The molecule has 0 aromatic carbocycles. The molecule has 0 radical (unpaired) electrons. The van der Waals surface area contributed by atoms with Gasteiger partial charge in [0.25, 0.3) is 0 Å². The van der Waals surface area contributed by atoms with Crippen molar-refractivity contribution in [1.82, 2.24) is 4.90 Å². The highest BCUT2D eigenvalue weighted by Crippen LogP contribution is 2.21. The second-order valence-corrected chi connectivity index (χ2v) is 4.66. The Labute approximate surface area is 94.0 Å². The molecule has 1 rings (SSSR count). The maximum atomic E-state index is 11.7. The first-order valence-electron chi connectivity index (χ1n) is 6.53. The van der Waals surface area contributed by atoms with E-state index in [2.05, 4.69) is 18.7 Å². The molecule has 0 bridgehead atoms. The minimum absolute atomic E-state index is 0.343. The lowest BCUT2D eigenvalue weighted by molar-refractivity contribution is -0.125. The first kappa shape index (κ1) is 12.7. The summed E-state index contributed by atoms with van der Waals surface area (Å²) in [6, 6.07) is 0. The molecule has 1 unspecified atom stereocenters. The quantitative estimate of drug-likeness (QED) is 0.673. The van der Waals surface area contributed by atoms with Gasteiger partial charge in [0, 0.05) is 18.9 Å². The van der Waals surface area contributed by atoms with Gasteiger partial charge in [-0.3, -0.25) is 4.79 Å². The molecule has 0 N–H and O–H groups in total. The van der Waals surface area contributed by atoms with Crippen LogP contribution in [-0.4, -0.2) is 30.3 Å². The van der Waals surface area contributed by atoms with Crippen LogP contribution in [0, 0.1) is 5.92 Å². The van der Waals surface area contributed by atoms with Crippen LogP contribution in [0.25, 0.3) is 0 Å². The molecule has 88 valence electrons.